The van der Waals surface area contributed by atoms with E-state index in [9.17, 15) is 24.0 Å². The van der Waals surface area contributed by atoms with Crippen LogP contribution in [0.4, 0.5) is 9.59 Å². The number of primary amides is 1. The second-order valence-electron chi connectivity index (χ2n) is 10.4. The molecule has 0 saturated heterocycles. The smallest absolute Gasteiger partial charge is 0.583 e. The number of ether oxygens (including phenoxy) is 2. The number of carbonyl (C=O) groups is 4. The Bertz CT molecular complexity index is 890. The molecular formula is C27H42N4O7U. The van der Waals surface area contributed by atoms with Crippen LogP contribution in [0, 0.1) is 49.0 Å². The van der Waals surface area contributed by atoms with Crippen molar-refractivity contribution in [2.45, 2.75) is 85.4 Å². The maximum atomic E-state index is 12.6. The van der Waals surface area contributed by atoms with Crippen molar-refractivity contribution in [3.8, 4) is 0 Å². The van der Waals surface area contributed by atoms with Gasteiger partial charge in [0.1, 0.15) is 11.6 Å². The van der Waals surface area contributed by atoms with Gasteiger partial charge in [0.15, 0.2) is 12.4 Å². The van der Waals surface area contributed by atoms with Crippen molar-refractivity contribution in [2.24, 2.45) is 17.6 Å². The van der Waals surface area contributed by atoms with Crippen LogP contribution in [0.5, 0.6) is 0 Å². The summed E-state index contributed by atoms with van der Waals surface area (Å²) >= 11 is 0. The van der Waals surface area contributed by atoms with Crippen LogP contribution in [0.2, 0.25) is 0 Å². The molecule has 0 spiro atoms. The summed E-state index contributed by atoms with van der Waals surface area (Å²) in [5.41, 5.74) is 5.61. The molecule has 2 atom stereocenters. The summed E-state index contributed by atoms with van der Waals surface area (Å²) in [6, 6.07) is 8.30. The third kappa shape index (κ3) is 20.1. The van der Waals surface area contributed by atoms with Crippen LogP contribution in [0.15, 0.2) is 24.3 Å². The third-order valence-corrected chi connectivity index (χ3v) is 4.76. The quantitative estimate of drug-likeness (QED) is 0.110. The number of alkyl carbamates (subject to hydrolysis) is 1. The average molecular weight is 773 g/mol. The number of amides is 4. The van der Waals surface area contributed by atoms with E-state index >= 15 is 0 Å². The van der Waals surface area contributed by atoms with E-state index in [2.05, 4.69) is 52.7 Å². The number of urea groups is 1. The van der Waals surface area contributed by atoms with Crippen molar-refractivity contribution >= 4 is 30.5 Å². The summed E-state index contributed by atoms with van der Waals surface area (Å²) in [5.74, 6) is -1.24. The maximum absolute atomic E-state index is 12.6. The minimum absolute atomic E-state index is 0. The van der Waals surface area contributed by atoms with Gasteiger partial charge in [-0.1, -0.05) is 27.7 Å². The number of nitrogens with two attached hydrogens (primary N) is 1. The summed E-state index contributed by atoms with van der Waals surface area (Å²) in [6.07, 6.45) is 0.721. The predicted molar refractivity (Wildman–Crippen MR) is 142 cm³/mol. The molecule has 0 aliphatic heterocycles. The van der Waals surface area contributed by atoms with Crippen molar-refractivity contribution in [1.29, 1.82) is 0 Å². The minimum atomic E-state index is -1.18. The molecule has 0 fully saturated rings. The minimum Gasteiger partial charge on any atom is -0.583 e. The van der Waals surface area contributed by atoms with Crippen molar-refractivity contribution < 1.29 is 64.6 Å². The summed E-state index contributed by atoms with van der Waals surface area (Å²) in [6.45, 7) is 14.1. The van der Waals surface area contributed by atoms with Crippen LogP contribution >= 0.6 is 0 Å². The van der Waals surface area contributed by atoms with E-state index in [0.717, 1.165) is 12.4 Å². The summed E-state index contributed by atoms with van der Waals surface area (Å²) in [5, 5.41) is 7.22. The van der Waals surface area contributed by atoms with E-state index in [1.54, 1.807) is 34.6 Å². The van der Waals surface area contributed by atoms with Crippen molar-refractivity contribution in [3.05, 3.63) is 35.9 Å². The Labute approximate surface area is 255 Å². The molecule has 4 amide bonds. The summed E-state index contributed by atoms with van der Waals surface area (Å²) in [4.78, 5) is 57.4. The van der Waals surface area contributed by atoms with E-state index in [4.69, 9.17) is 10.5 Å². The second-order valence-corrected chi connectivity index (χ2v) is 10.4. The zero-order chi connectivity index (χ0) is 29.3. The van der Waals surface area contributed by atoms with Gasteiger partial charge in [-0.05, 0) is 51.9 Å². The fraction of sp³-hybridized carbons (Fsp3) is 0.593. The van der Waals surface area contributed by atoms with Crippen molar-refractivity contribution in [2.75, 3.05) is 6.54 Å². The third-order valence-electron chi connectivity index (χ3n) is 4.76. The normalized spacial score (nSPS) is 12.0. The first-order valence-electron chi connectivity index (χ1n) is 12.5. The van der Waals surface area contributed by atoms with Crippen LogP contribution in [-0.4, -0.2) is 54.7 Å². The molecule has 1 rings (SSSR count). The van der Waals surface area contributed by atoms with E-state index in [-0.39, 0.29) is 56.4 Å². The Kier molecular flexibility index (Phi) is 20.1. The zero-order valence-corrected chi connectivity index (χ0v) is 28.0. The molecule has 5 N–H and O–H groups in total. The van der Waals surface area contributed by atoms with E-state index in [0.29, 0.717) is 0 Å². The molecule has 0 unspecified atom stereocenters. The standard InChI is InChI=1S/C17H29N4O7.C10H13.U/c1-10(2)12(21-16(26)28-17(3,4)5)13(23)20-11(14(24)27-9-22)7-6-8-19-15(18)25;1-9(2)8-10-6-4-3-5-7-10;/h10-12H,6-8H2,1-5H3,(H,20,23)(H,21,26)(H3,18,19,25);4-7,9H,8H2,1-2H3;/q2*-1;+2/t11-,12-;;/m0../s1. The molecule has 0 aliphatic carbocycles. The maximum Gasteiger partial charge on any atom is 2.00 e. The van der Waals surface area contributed by atoms with Gasteiger partial charge in [-0.3, -0.25) is 4.79 Å². The number of esters is 1. The van der Waals surface area contributed by atoms with Gasteiger partial charge in [0.25, 0.3) is 0 Å². The molecule has 0 aromatic heterocycles. The zero-order valence-electron chi connectivity index (χ0n) is 23.9. The van der Waals surface area contributed by atoms with E-state index in [1.807, 2.05) is 12.1 Å². The first-order chi connectivity index (χ1) is 17.7. The molecule has 0 aliphatic rings. The Morgan fingerprint density at radius 1 is 1.05 bits per heavy atom. The summed E-state index contributed by atoms with van der Waals surface area (Å²) in [7, 11) is 0. The monoisotopic (exact) mass is 772 g/mol. The number of rotatable bonds is 12. The predicted octanol–water partition coefficient (Wildman–Crippen LogP) is 2.76. The fourth-order valence-electron chi connectivity index (χ4n) is 3.14. The van der Waals surface area contributed by atoms with Crippen molar-refractivity contribution in [1.82, 2.24) is 16.0 Å². The molecule has 0 saturated carbocycles. The van der Waals surface area contributed by atoms with E-state index in [1.165, 1.54) is 12.0 Å². The molecule has 39 heavy (non-hydrogen) atoms. The van der Waals surface area contributed by atoms with Gasteiger partial charge in [-0.2, -0.15) is 35.9 Å². The van der Waals surface area contributed by atoms with Gasteiger partial charge in [0, 0.05) is 6.54 Å². The van der Waals surface area contributed by atoms with Crippen LogP contribution < -0.4 is 21.7 Å². The van der Waals surface area contributed by atoms with Crippen LogP contribution in [-0.2, 0) is 30.3 Å². The van der Waals surface area contributed by atoms with Crippen molar-refractivity contribution in [3.63, 3.8) is 0 Å². The molecule has 0 heterocycles. The molecule has 1 aromatic rings. The van der Waals surface area contributed by atoms with E-state index < -0.39 is 41.7 Å². The fourth-order valence-corrected chi connectivity index (χ4v) is 3.14. The van der Waals surface area contributed by atoms with Crippen LogP contribution in [0.25, 0.3) is 0 Å². The molecule has 1 aromatic carbocycles. The number of carbonyl (C=O) groups excluding carboxylic acids is 5. The average Bonchev–Trinajstić information content (AvgIpc) is 2.78. The van der Waals surface area contributed by atoms with Gasteiger partial charge in [0.05, 0.1) is 6.04 Å². The Balaban J connectivity index is 0. The van der Waals surface area contributed by atoms with Crippen LogP contribution in [0.3, 0.4) is 0 Å². The van der Waals surface area contributed by atoms with Crippen LogP contribution in [0.1, 0.15) is 66.9 Å². The van der Waals surface area contributed by atoms with Gasteiger partial charge < -0.3 is 40.7 Å². The molecule has 216 valence electrons. The van der Waals surface area contributed by atoms with Gasteiger partial charge >= 0.3 is 43.2 Å². The Morgan fingerprint density at radius 3 is 2.10 bits per heavy atom. The SMILES string of the molecule is CC(C)Cc1cc[c-]cc1.CC(C)[C@H](NC(=O)OC(C)(C)C)C(=O)N[C@@H](CCCNC(N)=O)C(=O)O[C-]=O.[U+2]. The van der Waals surface area contributed by atoms with Gasteiger partial charge in [0.2, 0.25) is 5.91 Å². The topological polar surface area (TPSA) is 166 Å². The molecule has 0 bridgehead atoms. The number of benzene rings is 1. The Hall–Kier alpha value is -2.58. The van der Waals surface area contributed by atoms with Gasteiger partial charge in [-0.15, -0.1) is 0 Å². The molecule has 11 nitrogen and oxygen atoms in total. The first kappa shape index (κ1) is 38.6. The molecular weight excluding hydrogens is 730 g/mol. The first-order valence-corrected chi connectivity index (χ1v) is 12.5. The van der Waals surface area contributed by atoms with Gasteiger partial charge in [-0.25, -0.2) is 9.59 Å². The Morgan fingerprint density at radius 2 is 1.64 bits per heavy atom. The molecule has 12 heteroatoms. The number of nitrogens with one attached hydrogen (secondary N) is 3. The summed E-state index contributed by atoms with van der Waals surface area (Å²) < 4.78 is 9.32. The number of hydrogen-bond donors (Lipinski definition) is 4. The number of hydrogen-bond acceptors (Lipinski definition) is 7. The molecule has 0 radical (unpaired) electrons. The second kappa shape index (κ2) is 20.3. The largest absolute Gasteiger partial charge is 2.00 e.